The predicted octanol–water partition coefficient (Wildman–Crippen LogP) is 2.96. The highest BCUT2D eigenvalue weighted by molar-refractivity contribution is 6.46. The second kappa shape index (κ2) is 9.48. The molecule has 1 atom stereocenters. The van der Waals surface area contributed by atoms with Crippen molar-refractivity contribution in [1.82, 2.24) is 4.90 Å². The first-order chi connectivity index (χ1) is 14.8. The third-order valence-electron chi connectivity index (χ3n) is 6.28. The number of likely N-dealkylation sites (N-methyl/N-ethyl adjacent to an activating group) is 1. The van der Waals surface area contributed by atoms with Gasteiger partial charge in [0.05, 0.1) is 37.8 Å². The number of aliphatic hydroxyl groups is 1. The molecule has 1 amide bonds. The second-order valence-electron chi connectivity index (χ2n) is 8.38. The van der Waals surface area contributed by atoms with Crippen LogP contribution in [-0.4, -0.2) is 47.9 Å². The zero-order chi connectivity index (χ0) is 22.7. The number of aryl methyl sites for hydroxylation is 3. The number of ketones is 1. The number of nitrogens with zero attached hydrogens (tertiary/aromatic N) is 1. The predicted molar refractivity (Wildman–Crippen MR) is 123 cm³/mol. The lowest BCUT2D eigenvalue weighted by Gasteiger charge is -2.27. The summed E-state index contributed by atoms with van der Waals surface area (Å²) in [5, 5.41) is 11.4. The van der Waals surface area contributed by atoms with Crippen molar-refractivity contribution in [3.63, 3.8) is 0 Å². The quantitative estimate of drug-likeness (QED) is 0.411. The van der Waals surface area contributed by atoms with E-state index in [1.54, 1.807) is 4.90 Å². The van der Waals surface area contributed by atoms with Crippen LogP contribution in [0.2, 0.25) is 0 Å². The minimum Gasteiger partial charge on any atom is -0.507 e. The van der Waals surface area contributed by atoms with E-state index in [-0.39, 0.29) is 11.3 Å². The number of hydrogen-bond donors (Lipinski definition) is 2. The summed E-state index contributed by atoms with van der Waals surface area (Å²) in [5.41, 5.74) is 4.52. The Hall–Kier alpha value is -2.92. The molecule has 2 aromatic rings. The maximum absolute atomic E-state index is 13.2. The highest BCUT2D eigenvalue weighted by Gasteiger charge is 2.46. The Kier molecular flexibility index (Phi) is 6.96. The minimum atomic E-state index is -0.611. The van der Waals surface area contributed by atoms with Crippen LogP contribution in [0, 0.1) is 20.8 Å². The van der Waals surface area contributed by atoms with Gasteiger partial charge >= 0.3 is 0 Å². The number of amides is 1. The number of aliphatic hydroxyl groups excluding tert-OH is 1. The van der Waals surface area contributed by atoms with Gasteiger partial charge in [-0.3, -0.25) is 9.59 Å². The molecule has 2 N–H and O–H groups in total. The fourth-order valence-electron chi connectivity index (χ4n) is 4.66. The van der Waals surface area contributed by atoms with Crippen molar-refractivity contribution in [3.8, 4) is 0 Å². The number of benzene rings is 2. The monoisotopic (exact) mass is 421 g/mol. The molecule has 1 aliphatic heterocycles. The van der Waals surface area contributed by atoms with E-state index in [9.17, 15) is 14.7 Å². The summed E-state index contributed by atoms with van der Waals surface area (Å²) in [5.74, 6) is -1.23. The van der Waals surface area contributed by atoms with Crippen LogP contribution in [0.1, 0.15) is 47.7 Å². The standard InChI is InChI=1S/C26H32N2O3/c1-6-27(7-2)13-14-28-23(20-11-9-8-10-12-20)22(25(30)26(28)31)24(29)21-18(4)15-17(3)16-19(21)5/h8-12,15-16,23,29H,6-7,13-14H2,1-5H3/p+1/t23-/m0/s1. The van der Waals surface area contributed by atoms with Crippen LogP contribution in [-0.2, 0) is 9.59 Å². The van der Waals surface area contributed by atoms with E-state index < -0.39 is 17.7 Å². The fourth-order valence-corrected chi connectivity index (χ4v) is 4.66. The third-order valence-corrected chi connectivity index (χ3v) is 6.28. The van der Waals surface area contributed by atoms with E-state index in [4.69, 9.17) is 0 Å². The minimum absolute atomic E-state index is 0.0834. The summed E-state index contributed by atoms with van der Waals surface area (Å²) in [4.78, 5) is 29.2. The lowest BCUT2D eigenvalue weighted by Crippen LogP contribution is -3.12. The topological polar surface area (TPSA) is 62.0 Å². The zero-order valence-electron chi connectivity index (χ0n) is 19.2. The second-order valence-corrected chi connectivity index (χ2v) is 8.38. The van der Waals surface area contributed by atoms with Crippen LogP contribution in [0.5, 0.6) is 0 Å². The molecule has 2 aromatic carbocycles. The SMILES string of the molecule is CC[NH+](CC)CCN1C(=O)C(=O)C(=C(O)c2c(C)cc(C)cc2C)[C@@H]1c1ccccc1. The van der Waals surface area contributed by atoms with E-state index in [0.29, 0.717) is 12.1 Å². The molecule has 164 valence electrons. The van der Waals surface area contributed by atoms with E-state index in [1.807, 2.05) is 63.2 Å². The van der Waals surface area contributed by atoms with Crippen LogP contribution >= 0.6 is 0 Å². The zero-order valence-corrected chi connectivity index (χ0v) is 19.2. The average Bonchev–Trinajstić information content (AvgIpc) is 2.99. The van der Waals surface area contributed by atoms with Gasteiger partial charge in [-0.1, -0.05) is 48.0 Å². The first kappa shape index (κ1) is 22.8. The van der Waals surface area contributed by atoms with Crippen molar-refractivity contribution in [2.75, 3.05) is 26.2 Å². The van der Waals surface area contributed by atoms with Crippen molar-refractivity contribution in [2.24, 2.45) is 0 Å². The average molecular weight is 422 g/mol. The summed E-state index contributed by atoms with van der Waals surface area (Å²) >= 11 is 0. The van der Waals surface area contributed by atoms with Gasteiger partial charge < -0.3 is 14.9 Å². The molecule has 5 heteroatoms. The Morgan fingerprint density at radius 2 is 1.58 bits per heavy atom. The summed E-state index contributed by atoms with van der Waals surface area (Å²) in [7, 11) is 0. The van der Waals surface area contributed by atoms with Gasteiger partial charge in [-0.15, -0.1) is 0 Å². The molecule has 1 fully saturated rings. The Labute approximate surface area is 185 Å². The van der Waals surface area contributed by atoms with Crippen molar-refractivity contribution < 1.29 is 19.6 Å². The van der Waals surface area contributed by atoms with Crippen LogP contribution in [0.3, 0.4) is 0 Å². The molecule has 1 heterocycles. The molecule has 0 radical (unpaired) electrons. The molecule has 5 nitrogen and oxygen atoms in total. The Bertz CT molecular complexity index is 984. The van der Waals surface area contributed by atoms with Gasteiger partial charge in [-0.2, -0.15) is 0 Å². The first-order valence-corrected chi connectivity index (χ1v) is 11.0. The van der Waals surface area contributed by atoms with Crippen LogP contribution in [0.15, 0.2) is 48.0 Å². The third kappa shape index (κ3) is 4.42. The highest BCUT2D eigenvalue weighted by Crippen LogP contribution is 2.40. The van der Waals surface area contributed by atoms with Crippen LogP contribution < -0.4 is 4.90 Å². The molecule has 0 aromatic heterocycles. The fraction of sp³-hybridized carbons (Fsp3) is 0.385. The maximum Gasteiger partial charge on any atom is 0.295 e. The Morgan fingerprint density at radius 1 is 1.00 bits per heavy atom. The molecule has 0 aliphatic carbocycles. The van der Waals surface area contributed by atoms with Gasteiger partial charge in [-0.05, 0) is 51.3 Å². The Morgan fingerprint density at radius 3 is 2.13 bits per heavy atom. The molecule has 0 unspecified atom stereocenters. The van der Waals surface area contributed by atoms with Crippen molar-refractivity contribution in [3.05, 3.63) is 75.9 Å². The van der Waals surface area contributed by atoms with E-state index in [1.165, 1.54) is 4.90 Å². The number of carbonyl (C=O) groups excluding carboxylic acids is 2. The smallest absolute Gasteiger partial charge is 0.295 e. The van der Waals surface area contributed by atoms with E-state index in [0.717, 1.165) is 41.9 Å². The van der Waals surface area contributed by atoms with E-state index >= 15 is 0 Å². The van der Waals surface area contributed by atoms with Gasteiger partial charge in [0.25, 0.3) is 11.7 Å². The molecular weight excluding hydrogens is 388 g/mol. The van der Waals surface area contributed by atoms with E-state index in [2.05, 4.69) is 13.8 Å². The van der Waals surface area contributed by atoms with Crippen molar-refractivity contribution >= 4 is 17.4 Å². The maximum atomic E-state index is 13.2. The van der Waals surface area contributed by atoms with Gasteiger partial charge in [0.2, 0.25) is 0 Å². The lowest BCUT2D eigenvalue weighted by molar-refractivity contribution is -0.895. The van der Waals surface area contributed by atoms with Crippen molar-refractivity contribution in [2.45, 2.75) is 40.7 Å². The summed E-state index contributed by atoms with van der Waals surface area (Å²) < 4.78 is 0. The number of nitrogens with one attached hydrogen (secondary N) is 1. The molecule has 31 heavy (non-hydrogen) atoms. The number of hydrogen-bond acceptors (Lipinski definition) is 3. The molecule has 1 aliphatic rings. The number of quaternary nitrogens is 1. The molecule has 0 saturated carbocycles. The molecule has 0 bridgehead atoms. The summed E-state index contributed by atoms with van der Waals surface area (Å²) in [6.07, 6.45) is 0. The molecule has 0 spiro atoms. The number of rotatable bonds is 7. The molecule has 1 saturated heterocycles. The van der Waals surface area contributed by atoms with Crippen LogP contribution in [0.25, 0.3) is 5.76 Å². The largest absolute Gasteiger partial charge is 0.507 e. The van der Waals surface area contributed by atoms with Gasteiger partial charge in [0, 0.05) is 5.56 Å². The number of carbonyl (C=O) groups is 2. The highest BCUT2D eigenvalue weighted by atomic mass is 16.3. The summed E-state index contributed by atoms with van der Waals surface area (Å²) in [6.45, 7) is 13.2. The van der Waals surface area contributed by atoms with Crippen LogP contribution in [0.4, 0.5) is 0 Å². The molecule has 3 rings (SSSR count). The van der Waals surface area contributed by atoms with Gasteiger partial charge in [0.1, 0.15) is 5.76 Å². The first-order valence-electron chi connectivity index (χ1n) is 11.0. The number of Topliss-reactive ketones (excluding diaryl/α,β-unsaturated/α-hetero) is 1. The normalized spacial score (nSPS) is 18.3. The van der Waals surface area contributed by atoms with Gasteiger partial charge in [0.15, 0.2) is 0 Å². The summed E-state index contributed by atoms with van der Waals surface area (Å²) in [6, 6.07) is 12.9. The van der Waals surface area contributed by atoms with Crippen molar-refractivity contribution in [1.29, 1.82) is 0 Å². The number of likely N-dealkylation sites (tertiary alicyclic amines) is 1. The lowest BCUT2D eigenvalue weighted by atomic mass is 9.91. The molecular formula is C26H33N2O3+. The Balaban J connectivity index is 2.15. The van der Waals surface area contributed by atoms with Gasteiger partial charge in [-0.25, -0.2) is 0 Å².